The minimum Gasteiger partial charge on any atom is -0.468 e. The molecule has 0 spiro atoms. The van der Waals surface area contributed by atoms with Gasteiger partial charge in [0, 0.05) is 26.2 Å². The summed E-state index contributed by atoms with van der Waals surface area (Å²) in [6, 6.07) is 2.11. The van der Waals surface area contributed by atoms with E-state index in [1.807, 2.05) is 6.26 Å². The minimum absolute atomic E-state index is 0.954. The van der Waals surface area contributed by atoms with Crippen molar-refractivity contribution in [3.63, 3.8) is 0 Å². The van der Waals surface area contributed by atoms with Crippen molar-refractivity contribution in [2.75, 3.05) is 26.2 Å². The first-order valence-corrected chi connectivity index (χ1v) is 4.82. The topological polar surface area (TPSA) is 28.4 Å². The first-order valence-electron chi connectivity index (χ1n) is 4.82. The van der Waals surface area contributed by atoms with Gasteiger partial charge in [-0.25, -0.2) is 0 Å². The van der Waals surface area contributed by atoms with Gasteiger partial charge in [0.1, 0.15) is 5.76 Å². The van der Waals surface area contributed by atoms with Gasteiger partial charge in [0.05, 0.1) is 12.8 Å². The molecule has 72 valence electrons. The van der Waals surface area contributed by atoms with Crippen LogP contribution in [0.3, 0.4) is 0 Å². The van der Waals surface area contributed by atoms with Crippen molar-refractivity contribution in [3.05, 3.63) is 23.7 Å². The van der Waals surface area contributed by atoms with E-state index in [1.54, 1.807) is 0 Å². The summed E-state index contributed by atoms with van der Waals surface area (Å²) in [5, 5.41) is 3.33. The maximum absolute atomic E-state index is 5.40. The summed E-state index contributed by atoms with van der Waals surface area (Å²) >= 11 is 0. The van der Waals surface area contributed by atoms with E-state index in [4.69, 9.17) is 4.42 Å². The highest BCUT2D eigenvalue weighted by atomic mass is 16.3. The monoisotopic (exact) mass is 180 g/mol. The molecular formula is C10H16N2O. The van der Waals surface area contributed by atoms with E-state index in [0.717, 1.165) is 38.5 Å². The third-order valence-corrected chi connectivity index (χ3v) is 2.37. The molecule has 0 unspecified atom stereocenters. The molecule has 1 aliphatic rings. The van der Waals surface area contributed by atoms with Crippen molar-refractivity contribution in [3.8, 4) is 0 Å². The van der Waals surface area contributed by atoms with Crippen LogP contribution in [0.1, 0.15) is 11.3 Å². The Morgan fingerprint density at radius 1 is 1.46 bits per heavy atom. The molecule has 2 rings (SSSR count). The fourth-order valence-electron chi connectivity index (χ4n) is 1.66. The van der Waals surface area contributed by atoms with Crippen molar-refractivity contribution >= 4 is 0 Å². The zero-order valence-corrected chi connectivity index (χ0v) is 8.05. The smallest absolute Gasteiger partial charge is 0.118 e. The Labute approximate surface area is 78.7 Å². The highest BCUT2D eigenvalue weighted by Gasteiger charge is 2.11. The van der Waals surface area contributed by atoms with Crippen LogP contribution in [0.15, 0.2) is 16.7 Å². The first-order chi connectivity index (χ1) is 6.34. The Hall–Kier alpha value is -0.800. The summed E-state index contributed by atoms with van der Waals surface area (Å²) in [6.45, 7) is 7.46. The van der Waals surface area contributed by atoms with Crippen LogP contribution in [-0.2, 0) is 6.54 Å². The first kappa shape index (κ1) is 8.78. The summed E-state index contributed by atoms with van der Waals surface area (Å²) in [4.78, 5) is 2.41. The summed E-state index contributed by atoms with van der Waals surface area (Å²) < 4.78 is 5.40. The van der Waals surface area contributed by atoms with Crippen LogP contribution in [0.2, 0.25) is 0 Å². The van der Waals surface area contributed by atoms with Crippen LogP contribution in [-0.4, -0.2) is 31.1 Å². The maximum Gasteiger partial charge on any atom is 0.118 e. The molecule has 2 heterocycles. The molecule has 1 aromatic heterocycles. The van der Waals surface area contributed by atoms with E-state index in [-0.39, 0.29) is 0 Å². The van der Waals surface area contributed by atoms with Crippen LogP contribution in [0, 0.1) is 6.92 Å². The van der Waals surface area contributed by atoms with Gasteiger partial charge in [-0.05, 0) is 18.6 Å². The number of hydrogen-bond acceptors (Lipinski definition) is 3. The van der Waals surface area contributed by atoms with Crippen molar-refractivity contribution in [1.82, 2.24) is 10.2 Å². The Kier molecular flexibility index (Phi) is 2.66. The predicted octanol–water partition coefficient (Wildman–Crippen LogP) is 0.993. The SMILES string of the molecule is Cc1coc(CN2CCNCC2)c1. The summed E-state index contributed by atoms with van der Waals surface area (Å²) in [6.07, 6.45) is 1.82. The highest BCUT2D eigenvalue weighted by Crippen LogP contribution is 2.09. The lowest BCUT2D eigenvalue weighted by Gasteiger charge is -2.26. The largest absolute Gasteiger partial charge is 0.468 e. The van der Waals surface area contributed by atoms with Gasteiger partial charge in [-0.2, -0.15) is 0 Å². The molecule has 1 aromatic rings. The molecule has 0 atom stereocenters. The molecule has 3 heteroatoms. The Balaban J connectivity index is 1.89. The van der Waals surface area contributed by atoms with Gasteiger partial charge in [-0.3, -0.25) is 4.90 Å². The van der Waals surface area contributed by atoms with E-state index in [9.17, 15) is 0 Å². The van der Waals surface area contributed by atoms with Crippen LogP contribution in [0.4, 0.5) is 0 Å². The molecule has 0 radical (unpaired) electrons. The number of hydrogen-bond donors (Lipinski definition) is 1. The normalized spacial score (nSPS) is 19.2. The molecule has 0 bridgehead atoms. The molecule has 13 heavy (non-hydrogen) atoms. The van der Waals surface area contributed by atoms with E-state index >= 15 is 0 Å². The van der Waals surface area contributed by atoms with E-state index in [1.165, 1.54) is 5.56 Å². The van der Waals surface area contributed by atoms with Gasteiger partial charge >= 0.3 is 0 Å². The number of nitrogens with zero attached hydrogens (tertiary/aromatic N) is 1. The fourth-order valence-corrected chi connectivity index (χ4v) is 1.66. The van der Waals surface area contributed by atoms with Gasteiger partial charge in [0.2, 0.25) is 0 Å². The predicted molar refractivity (Wildman–Crippen MR) is 51.6 cm³/mol. The minimum atomic E-state index is 0.954. The Bertz CT molecular complexity index is 264. The van der Waals surface area contributed by atoms with Gasteiger partial charge in [-0.15, -0.1) is 0 Å². The Morgan fingerprint density at radius 3 is 2.85 bits per heavy atom. The number of aryl methyl sites for hydroxylation is 1. The Morgan fingerprint density at radius 2 is 2.23 bits per heavy atom. The zero-order chi connectivity index (χ0) is 9.10. The van der Waals surface area contributed by atoms with Crippen LogP contribution < -0.4 is 5.32 Å². The molecule has 1 N–H and O–H groups in total. The van der Waals surface area contributed by atoms with Gasteiger partial charge in [0.25, 0.3) is 0 Å². The fraction of sp³-hybridized carbons (Fsp3) is 0.600. The van der Waals surface area contributed by atoms with Gasteiger partial charge < -0.3 is 9.73 Å². The van der Waals surface area contributed by atoms with Crippen molar-refractivity contribution < 1.29 is 4.42 Å². The second kappa shape index (κ2) is 3.94. The van der Waals surface area contributed by atoms with Crippen LogP contribution >= 0.6 is 0 Å². The molecule has 0 aromatic carbocycles. The van der Waals surface area contributed by atoms with Crippen molar-refractivity contribution in [2.24, 2.45) is 0 Å². The van der Waals surface area contributed by atoms with Gasteiger partial charge in [-0.1, -0.05) is 0 Å². The molecule has 1 saturated heterocycles. The van der Waals surface area contributed by atoms with E-state index in [0.29, 0.717) is 0 Å². The number of piperazine rings is 1. The van der Waals surface area contributed by atoms with E-state index in [2.05, 4.69) is 23.2 Å². The van der Waals surface area contributed by atoms with Crippen LogP contribution in [0.25, 0.3) is 0 Å². The molecular weight excluding hydrogens is 164 g/mol. The molecule has 1 aliphatic heterocycles. The lowest BCUT2D eigenvalue weighted by Crippen LogP contribution is -2.42. The van der Waals surface area contributed by atoms with Crippen molar-refractivity contribution in [2.45, 2.75) is 13.5 Å². The average Bonchev–Trinajstić information content (AvgIpc) is 2.53. The maximum atomic E-state index is 5.40. The lowest BCUT2D eigenvalue weighted by atomic mass is 10.3. The average molecular weight is 180 g/mol. The molecule has 0 aliphatic carbocycles. The standard InChI is InChI=1S/C10H16N2O/c1-9-6-10(13-8-9)7-12-4-2-11-3-5-12/h6,8,11H,2-5,7H2,1H3. The number of furan rings is 1. The summed E-state index contributed by atoms with van der Waals surface area (Å²) in [5.41, 5.74) is 1.21. The van der Waals surface area contributed by atoms with Crippen LogP contribution in [0.5, 0.6) is 0 Å². The quantitative estimate of drug-likeness (QED) is 0.735. The zero-order valence-electron chi connectivity index (χ0n) is 8.05. The second-order valence-electron chi connectivity index (χ2n) is 3.62. The summed E-state index contributed by atoms with van der Waals surface area (Å²) in [7, 11) is 0. The lowest BCUT2D eigenvalue weighted by molar-refractivity contribution is 0.216. The summed E-state index contributed by atoms with van der Waals surface area (Å²) in [5.74, 6) is 1.08. The third-order valence-electron chi connectivity index (χ3n) is 2.37. The molecule has 3 nitrogen and oxygen atoms in total. The highest BCUT2D eigenvalue weighted by molar-refractivity contribution is 5.10. The van der Waals surface area contributed by atoms with Crippen molar-refractivity contribution in [1.29, 1.82) is 0 Å². The molecule has 0 saturated carbocycles. The number of rotatable bonds is 2. The van der Waals surface area contributed by atoms with E-state index < -0.39 is 0 Å². The van der Waals surface area contributed by atoms with Gasteiger partial charge in [0.15, 0.2) is 0 Å². The number of nitrogens with one attached hydrogen (secondary N) is 1. The molecule has 0 amide bonds. The third kappa shape index (κ3) is 2.32. The second-order valence-corrected chi connectivity index (χ2v) is 3.62. The molecule has 1 fully saturated rings.